The molecule has 2 aromatic heterocycles. The largest absolute Gasteiger partial charge is 0.493 e. The van der Waals surface area contributed by atoms with Gasteiger partial charge < -0.3 is 20.8 Å². The predicted molar refractivity (Wildman–Crippen MR) is 111 cm³/mol. The number of pyridine rings is 1. The smallest absolute Gasteiger partial charge is 0.220 e. The monoisotopic (exact) mass is 447 g/mol. The van der Waals surface area contributed by atoms with Gasteiger partial charge in [-0.3, -0.25) is 0 Å². The van der Waals surface area contributed by atoms with Gasteiger partial charge in [0.2, 0.25) is 5.88 Å². The van der Waals surface area contributed by atoms with Gasteiger partial charge in [0, 0.05) is 29.8 Å². The third-order valence-corrected chi connectivity index (χ3v) is 6.83. The van der Waals surface area contributed by atoms with Gasteiger partial charge in [-0.05, 0) is 60.0 Å². The number of aromatic hydroxyl groups is 1. The lowest BCUT2D eigenvalue weighted by Crippen LogP contribution is -2.47. The van der Waals surface area contributed by atoms with Gasteiger partial charge in [-0.2, -0.15) is 0 Å². The Morgan fingerprint density at radius 1 is 1.29 bits per heavy atom. The Morgan fingerprint density at radius 2 is 2.04 bits per heavy atom. The number of aliphatic hydroxyl groups excluding tert-OH is 1. The van der Waals surface area contributed by atoms with E-state index in [4.69, 9.17) is 10.7 Å². The second-order valence-corrected chi connectivity index (χ2v) is 8.87. The minimum Gasteiger partial charge on any atom is -0.493 e. The van der Waals surface area contributed by atoms with E-state index >= 15 is 0 Å². The highest BCUT2D eigenvalue weighted by molar-refractivity contribution is 9.10. The molecule has 3 heterocycles. The molecule has 0 unspecified atom stereocenters. The Balaban J connectivity index is 1.64. The van der Waals surface area contributed by atoms with Crippen molar-refractivity contribution in [3.8, 4) is 17.1 Å². The second kappa shape index (κ2) is 7.57. The lowest BCUT2D eigenvalue weighted by molar-refractivity contribution is 0.196. The molecule has 2 aliphatic rings. The van der Waals surface area contributed by atoms with E-state index in [9.17, 15) is 10.2 Å². The normalized spacial score (nSPS) is 21.4. The lowest BCUT2D eigenvalue weighted by Gasteiger charge is -2.42. The first kappa shape index (κ1) is 19.5. The van der Waals surface area contributed by atoms with Crippen LogP contribution in [-0.4, -0.2) is 44.3 Å². The Morgan fingerprint density at radius 3 is 2.68 bits per heavy atom. The number of hydrogen-bond acceptors (Lipinski definition) is 7. The maximum absolute atomic E-state index is 10.2. The van der Waals surface area contributed by atoms with E-state index in [1.807, 2.05) is 6.92 Å². The summed E-state index contributed by atoms with van der Waals surface area (Å²) >= 11 is 3.38. The summed E-state index contributed by atoms with van der Waals surface area (Å²) in [6, 6.07) is 2.06. The Kier molecular flexibility index (Phi) is 5.28. The number of nitrogens with zero attached hydrogens (tertiary/aromatic N) is 4. The van der Waals surface area contributed by atoms with Crippen molar-refractivity contribution in [2.75, 3.05) is 18.0 Å². The van der Waals surface area contributed by atoms with Crippen LogP contribution in [0.1, 0.15) is 43.5 Å². The molecular formula is C20H26BrN5O2. The molecule has 0 amide bonds. The molecule has 150 valence electrons. The van der Waals surface area contributed by atoms with Crippen LogP contribution in [0.4, 0.5) is 5.82 Å². The molecular weight excluding hydrogens is 422 g/mol. The number of piperidine rings is 1. The summed E-state index contributed by atoms with van der Waals surface area (Å²) < 4.78 is 0.741. The van der Waals surface area contributed by atoms with Crippen LogP contribution in [-0.2, 0) is 6.61 Å². The molecule has 1 saturated carbocycles. The third-order valence-electron chi connectivity index (χ3n) is 6.39. The summed E-state index contributed by atoms with van der Waals surface area (Å²) in [5.74, 6) is 0.625. The number of halogens is 1. The fourth-order valence-corrected chi connectivity index (χ4v) is 5.04. The van der Waals surface area contributed by atoms with Gasteiger partial charge in [-0.1, -0.05) is 6.42 Å². The van der Waals surface area contributed by atoms with Crippen LogP contribution in [0.25, 0.3) is 11.3 Å². The van der Waals surface area contributed by atoms with Crippen LogP contribution in [0.2, 0.25) is 0 Å². The summed E-state index contributed by atoms with van der Waals surface area (Å²) in [5, 5.41) is 20.1. The van der Waals surface area contributed by atoms with E-state index < -0.39 is 0 Å². The molecule has 2 aromatic rings. The first-order valence-electron chi connectivity index (χ1n) is 9.77. The van der Waals surface area contributed by atoms with Crippen molar-refractivity contribution >= 4 is 21.7 Å². The van der Waals surface area contributed by atoms with E-state index in [0.717, 1.165) is 42.6 Å². The quantitative estimate of drug-likeness (QED) is 0.663. The highest BCUT2D eigenvalue weighted by atomic mass is 79.9. The minimum atomic E-state index is -0.209. The zero-order valence-corrected chi connectivity index (χ0v) is 17.6. The molecule has 4 N–H and O–H groups in total. The molecule has 1 saturated heterocycles. The maximum atomic E-state index is 10.2. The number of hydrogen-bond donors (Lipinski definition) is 3. The summed E-state index contributed by atoms with van der Waals surface area (Å²) in [7, 11) is 0. The molecule has 1 aliphatic heterocycles. The van der Waals surface area contributed by atoms with E-state index in [0.29, 0.717) is 28.7 Å². The SMILES string of the molecule is Cc1nc(N2CCC3(CCC[C@H]3N)CC2)c(CO)nc1-c1cc(Br)cnc1O. The Bertz CT molecular complexity index is 883. The topological polar surface area (TPSA) is 108 Å². The fraction of sp³-hybridized carbons (Fsp3) is 0.550. The number of aromatic nitrogens is 3. The van der Waals surface area contributed by atoms with Crippen molar-refractivity contribution in [1.29, 1.82) is 0 Å². The average Bonchev–Trinajstić information content (AvgIpc) is 3.04. The van der Waals surface area contributed by atoms with Crippen molar-refractivity contribution in [3.63, 3.8) is 0 Å². The van der Waals surface area contributed by atoms with Crippen LogP contribution < -0.4 is 10.6 Å². The lowest BCUT2D eigenvalue weighted by atomic mass is 9.74. The molecule has 0 bridgehead atoms. The molecule has 7 nitrogen and oxygen atoms in total. The molecule has 1 atom stereocenters. The van der Waals surface area contributed by atoms with Crippen molar-refractivity contribution in [1.82, 2.24) is 15.0 Å². The molecule has 2 fully saturated rings. The van der Waals surface area contributed by atoms with Crippen LogP contribution >= 0.6 is 15.9 Å². The fourth-order valence-electron chi connectivity index (χ4n) is 4.71. The van der Waals surface area contributed by atoms with E-state index in [2.05, 4.69) is 30.8 Å². The van der Waals surface area contributed by atoms with Crippen LogP contribution in [0.5, 0.6) is 5.88 Å². The van der Waals surface area contributed by atoms with Crippen molar-refractivity contribution in [2.24, 2.45) is 11.1 Å². The molecule has 1 spiro atoms. The third kappa shape index (κ3) is 3.38. The molecule has 28 heavy (non-hydrogen) atoms. The second-order valence-electron chi connectivity index (χ2n) is 7.96. The van der Waals surface area contributed by atoms with E-state index in [-0.39, 0.29) is 17.9 Å². The van der Waals surface area contributed by atoms with Gasteiger partial charge in [-0.15, -0.1) is 0 Å². The van der Waals surface area contributed by atoms with Gasteiger partial charge in [0.1, 0.15) is 5.69 Å². The van der Waals surface area contributed by atoms with Crippen molar-refractivity contribution < 1.29 is 10.2 Å². The van der Waals surface area contributed by atoms with Crippen LogP contribution in [0.3, 0.4) is 0 Å². The zero-order valence-electron chi connectivity index (χ0n) is 16.0. The summed E-state index contributed by atoms with van der Waals surface area (Å²) in [5.41, 5.74) is 8.91. The summed E-state index contributed by atoms with van der Waals surface area (Å²) in [4.78, 5) is 15.6. The summed E-state index contributed by atoms with van der Waals surface area (Å²) in [6.45, 7) is 3.40. The maximum Gasteiger partial charge on any atom is 0.220 e. The number of aliphatic hydroxyl groups is 1. The minimum absolute atomic E-state index is 0.104. The van der Waals surface area contributed by atoms with Crippen LogP contribution in [0.15, 0.2) is 16.7 Å². The van der Waals surface area contributed by atoms with Gasteiger partial charge in [0.25, 0.3) is 0 Å². The van der Waals surface area contributed by atoms with E-state index in [1.54, 1.807) is 6.07 Å². The molecule has 8 heteroatoms. The van der Waals surface area contributed by atoms with Crippen molar-refractivity contribution in [2.45, 2.75) is 51.7 Å². The standard InChI is InChI=1S/C20H26BrN5O2/c1-12-17(14-9-13(21)10-23-19(14)28)25-15(11-27)18(24-12)26-7-5-20(6-8-26)4-2-3-16(20)22/h9-10,16,27H,2-8,11,22H2,1H3,(H,23,28)/t16-/m1/s1. The first-order chi connectivity index (χ1) is 13.4. The average molecular weight is 448 g/mol. The number of nitrogens with two attached hydrogens (primary N) is 1. The predicted octanol–water partition coefficient (Wildman–Crippen LogP) is 2.91. The van der Waals surface area contributed by atoms with Gasteiger partial charge in [0.05, 0.1) is 23.6 Å². The number of anilines is 1. The highest BCUT2D eigenvalue weighted by Gasteiger charge is 2.43. The van der Waals surface area contributed by atoms with Gasteiger partial charge in [-0.25, -0.2) is 15.0 Å². The molecule has 4 rings (SSSR count). The van der Waals surface area contributed by atoms with Crippen LogP contribution in [0, 0.1) is 12.3 Å². The first-order valence-corrected chi connectivity index (χ1v) is 10.6. The van der Waals surface area contributed by atoms with E-state index in [1.165, 1.54) is 19.0 Å². The highest BCUT2D eigenvalue weighted by Crippen LogP contribution is 2.46. The zero-order chi connectivity index (χ0) is 19.9. The van der Waals surface area contributed by atoms with Gasteiger partial charge in [0.15, 0.2) is 5.82 Å². The molecule has 1 aliphatic carbocycles. The summed E-state index contributed by atoms with van der Waals surface area (Å²) in [6.07, 6.45) is 7.20. The number of aryl methyl sites for hydroxylation is 1. The Labute approximate surface area is 173 Å². The molecule has 0 radical (unpaired) electrons. The van der Waals surface area contributed by atoms with Crippen molar-refractivity contribution in [3.05, 3.63) is 28.1 Å². The Hall–Kier alpha value is -1.77. The van der Waals surface area contributed by atoms with Gasteiger partial charge >= 0.3 is 0 Å². The molecule has 0 aromatic carbocycles. The number of rotatable bonds is 3.